The summed E-state index contributed by atoms with van der Waals surface area (Å²) in [4.78, 5) is 10.7. The molecule has 1 aromatic carbocycles. The monoisotopic (exact) mass is 196 g/mol. The minimum Gasteiger partial charge on any atom is -0.295 e. The molecule has 3 heteroatoms. The molecule has 0 radical (unpaired) electrons. The maximum Gasteiger partial charge on any atom is 0.152 e. The van der Waals surface area contributed by atoms with Crippen molar-refractivity contribution in [3.63, 3.8) is 0 Å². The van der Waals surface area contributed by atoms with Gasteiger partial charge in [-0.15, -0.1) is 0 Å². The summed E-state index contributed by atoms with van der Waals surface area (Å²) in [6, 6.07) is 3.61. The molecule has 0 aliphatic heterocycles. The minimum atomic E-state index is -0.653. The van der Waals surface area contributed by atoms with Crippen molar-refractivity contribution in [1.29, 1.82) is 0 Å². The minimum absolute atomic E-state index is 0.136. The number of carbonyl (C=O) groups excluding carboxylic acids is 1. The van der Waals surface area contributed by atoms with Crippen molar-refractivity contribution in [2.45, 2.75) is 13.8 Å². The van der Waals surface area contributed by atoms with Crippen molar-refractivity contribution >= 4 is 11.4 Å². The average Bonchev–Trinajstić information content (AvgIpc) is 2.01. The lowest BCUT2D eigenvalue weighted by molar-refractivity contribution is -0.112. The van der Waals surface area contributed by atoms with Gasteiger partial charge in [-0.2, -0.15) is 0 Å². The Morgan fingerprint density at radius 2 is 1.71 bits per heavy atom. The van der Waals surface area contributed by atoms with Gasteiger partial charge in [0.05, 0.1) is 0 Å². The first-order chi connectivity index (χ1) is 6.52. The molecule has 0 aliphatic carbocycles. The molecule has 14 heavy (non-hydrogen) atoms. The van der Waals surface area contributed by atoms with Gasteiger partial charge in [0.2, 0.25) is 0 Å². The molecular formula is C11H10F2O. The van der Waals surface area contributed by atoms with Gasteiger partial charge < -0.3 is 0 Å². The molecule has 0 amide bonds. The average molecular weight is 196 g/mol. The first-order valence-corrected chi connectivity index (χ1v) is 4.15. The van der Waals surface area contributed by atoms with E-state index >= 15 is 0 Å². The van der Waals surface area contributed by atoms with Crippen LogP contribution in [0, 0.1) is 11.6 Å². The second kappa shape index (κ2) is 4.13. The summed E-state index contributed by atoms with van der Waals surface area (Å²) in [5, 5.41) is 0. The number of hydrogen-bond donors (Lipinski definition) is 0. The van der Waals surface area contributed by atoms with Gasteiger partial charge in [0.1, 0.15) is 11.6 Å². The van der Waals surface area contributed by atoms with Crippen LogP contribution >= 0.6 is 0 Å². The van der Waals surface area contributed by atoms with Gasteiger partial charge in [0, 0.05) is 5.56 Å². The Balaban J connectivity index is 3.25. The standard InChI is InChI=1S/C11H10F2O/c1-7(6-8(2)14)11-9(12)4-3-5-10(11)13/h3-6H,1-2H3/b7-6+. The topological polar surface area (TPSA) is 17.1 Å². The van der Waals surface area contributed by atoms with Crippen LogP contribution < -0.4 is 0 Å². The number of rotatable bonds is 2. The van der Waals surface area contributed by atoms with E-state index in [-0.39, 0.29) is 11.3 Å². The molecule has 0 heterocycles. The van der Waals surface area contributed by atoms with E-state index in [0.717, 1.165) is 12.1 Å². The molecule has 0 spiro atoms. The summed E-state index contributed by atoms with van der Waals surface area (Å²) < 4.78 is 26.3. The van der Waals surface area contributed by atoms with Crippen LogP contribution in [0.4, 0.5) is 8.78 Å². The van der Waals surface area contributed by atoms with Crippen molar-refractivity contribution in [3.05, 3.63) is 41.5 Å². The molecule has 0 atom stereocenters. The fourth-order valence-corrected chi connectivity index (χ4v) is 1.25. The van der Waals surface area contributed by atoms with Gasteiger partial charge in [-0.1, -0.05) is 6.07 Å². The Labute approximate surface area is 81.1 Å². The van der Waals surface area contributed by atoms with E-state index < -0.39 is 11.6 Å². The lowest BCUT2D eigenvalue weighted by atomic mass is 10.1. The van der Waals surface area contributed by atoms with Crippen LogP contribution in [0.5, 0.6) is 0 Å². The Bertz CT molecular complexity index is 374. The van der Waals surface area contributed by atoms with Crippen molar-refractivity contribution < 1.29 is 13.6 Å². The molecule has 0 fully saturated rings. The molecule has 0 aliphatic rings. The van der Waals surface area contributed by atoms with E-state index in [4.69, 9.17) is 0 Å². The lowest BCUT2D eigenvalue weighted by Gasteiger charge is -2.03. The normalized spacial score (nSPS) is 11.6. The van der Waals surface area contributed by atoms with Gasteiger partial charge in [0.25, 0.3) is 0 Å². The number of allylic oxidation sites excluding steroid dienone is 2. The fraction of sp³-hybridized carbons (Fsp3) is 0.182. The van der Waals surface area contributed by atoms with E-state index in [1.54, 1.807) is 0 Å². The van der Waals surface area contributed by atoms with Gasteiger partial charge in [-0.25, -0.2) is 8.78 Å². The Morgan fingerprint density at radius 3 is 2.14 bits per heavy atom. The number of hydrogen-bond acceptors (Lipinski definition) is 1. The third-order valence-electron chi connectivity index (χ3n) is 1.78. The zero-order valence-electron chi connectivity index (χ0n) is 7.97. The maximum atomic E-state index is 13.2. The second-order valence-electron chi connectivity index (χ2n) is 3.03. The zero-order chi connectivity index (χ0) is 10.7. The predicted octanol–water partition coefficient (Wildman–Crippen LogP) is 2.96. The maximum absolute atomic E-state index is 13.2. The molecule has 0 unspecified atom stereocenters. The summed E-state index contributed by atoms with van der Waals surface area (Å²) in [6.07, 6.45) is 1.21. The first kappa shape index (κ1) is 10.6. The van der Waals surface area contributed by atoms with Crippen molar-refractivity contribution in [1.82, 2.24) is 0 Å². The van der Waals surface area contributed by atoms with E-state index in [1.807, 2.05) is 0 Å². The summed E-state index contributed by atoms with van der Waals surface area (Å²) in [5.74, 6) is -1.54. The molecule has 0 aromatic heterocycles. The molecule has 1 nitrogen and oxygen atoms in total. The molecule has 1 rings (SSSR count). The smallest absolute Gasteiger partial charge is 0.152 e. The number of benzene rings is 1. The van der Waals surface area contributed by atoms with E-state index in [9.17, 15) is 13.6 Å². The van der Waals surface area contributed by atoms with Crippen LogP contribution in [-0.4, -0.2) is 5.78 Å². The molecule has 74 valence electrons. The van der Waals surface area contributed by atoms with Crippen molar-refractivity contribution in [3.8, 4) is 0 Å². The van der Waals surface area contributed by atoms with Crippen LogP contribution in [0.3, 0.4) is 0 Å². The highest BCUT2D eigenvalue weighted by atomic mass is 19.1. The summed E-state index contributed by atoms with van der Waals surface area (Å²) in [5.41, 5.74) is 0.163. The van der Waals surface area contributed by atoms with Gasteiger partial charge in [-0.05, 0) is 37.6 Å². The molecule has 0 bridgehead atoms. The fourth-order valence-electron chi connectivity index (χ4n) is 1.25. The Kier molecular flexibility index (Phi) is 3.12. The quantitative estimate of drug-likeness (QED) is 0.664. The third-order valence-corrected chi connectivity index (χ3v) is 1.78. The predicted molar refractivity (Wildman–Crippen MR) is 50.7 cm³/mol. The number of ketones is 1. The van der Waals surface area contributed by atoms with Crippen LogP contribution in [0.1, 0.15) is 19.4 Å². The molecule has 0 saturated heterocycles. The SMILES string of the molecule is CC(=O)/C=C(\C)c1c(F)cccc1F. The highest BCUT2D eigenvalue weighted by molar-refractivity contribution is 5.94. The Morgan fingerprint density at radius 1 is 1.21 bits per heavy atom. The summed E-state index contributed by atoms with van der Waals surface area (Å²) in [7, 11) is 0. The molecule has 0 N–H and O–H groups in total. The zero-order valence-corrected chi connectivity index (χ0v) is 7.97. The molecular weight excluding hydrogens is 186 g/mol. The van der Waals surface area contributed by atoms with Crippen molar-refractivity contribution in [2.75, 3.05) is 0 Å². The Hall–Kier alpha value is -1.51. The van der Waals surface area contributed by atoms with E-state index in [1.165, 1.54) is 26.0 Å². The second-order valence-corrected chi connectivity index (χ2v) is 3.03. The van der Waals surface area contributed by atoms with Crippen LogP contribution in [0.2, 0.25) is 0 Å². The third kappa shape index (κ3) is 2.25. The van der Waals surface area contributed by atoms with Crippen LogP contribution in [0.15, 0.2) is 24.3 Å². The van der Waals surface area contributed by atoms with Gasteiger partial charge in [0.15, 0.2) is 5.78 Å². The molecule has 1 aromatic rings. The highest BCUT2D eigenvalue weighted by Gasteiger charge is 2.09. The van der Waals surface area contributed by atoms with Gasteiger partial charge >= 0.3 is 0 Å². The van der Waals surface area contributed by atoms with E-state index in [2.05, 4.69) is 0 Å². The summed E-state index contributed by atoms with van der Waals surface area (Å²) in [6.45, 7) is 2.84. The number of carbonyl (C=O) groups is 1. The van der Waals surface area contributed by atoms with Crippen LogP contribution in [0.25, 0.3) is 5.57 Å². The largest absolute Gasteiger partial charge is 0.295 e. The van der Waals surface area contributed by atoms with E-state index in [0.29, 0.717) is 5.57 Å². The lowest BCUT2D eigenvalue weighted by Crippen LogP contribution is -1.94. The number of halogens is 2. The highest BCUT2D eigenvalue weighted by Crippen LogP contribution is 2.20. The molecule has 0 saturated carbocycles. The van der Waals surface area contributed by atoms with Gasteiger partial charge in [-0.3, -0.25) is 4.79 Å². The summed E-state index contributed by atoms with van der Waals surface area (Å²) >= 11 is 0. The first-order valence-electron chi connectivity index (χ1n) is 4.15. The van der Waals surface area contributed by atoms with Crippen molar-refractivity contribution in [2.24, 2.45) is 0 Å². The van der Waals surface area contributed by atoms with Crippen LogP contribution in [-0.2, 0) is 4.79 Å².